The summed E-state index contributed by atoms with van der Waals surface area (Å²) in [7, 11) is 1.64. The van der Waals surface area contributed by atoms with E-state index in [4.69, 9.17) is 4.74 Å². The monoisotopic (exact) mass is 390 g/mol. The lowest BCUT2D eigenvalue weighted by molar-refractivity contribution is -0.118. The van der Waals surface area contributed by atoms with E-state index in [9.17, 15) is 4.79 Å². The summed E-state index contributed by atoms with van der Waals surface area (Å²) in [5.41, 5.74) is 1.92. The molecule has 4 nitrogen and oxygen atoms in total. The highest BCUT2D eigenvalue weighted by Crippen LogP contribution is 2.26. The summed E-state index contributed by atoms with van der Waals surface area (Å²) in [6.45, 7) is 0. The van der Waals surface area contributed by atoms with Crippen molar-refractivity contribution in [1.82, 2.24) is 5.32 Å². The number of carbonyl (C=O) groups excluding carboxylic acids is 1. The minimum absolute atomic E-state index is 0.00156. The first-order chi connectivity index (χ1) is 11.1. The second kappa shape index (κ2) is 7.19. The SMILES string of the molecule is COc1ccc(C[C@H]2SC(=Nc3ccc(Br)cc3)NC2=O)cc1. The van der Waals surface area contributed by atoms with Gasteiger partial charge in [0, 0.05) is 4.47 Å². The zero-order valence-electron chi connectivity index (χ0n) is 12.5. The van der Waals surface area contributed by atoms with Crippen LogP contribution >= 0.6 is 27.7 Å². The molecule has 0 spiro atoms. The van der Waals surface area contributed by atoms with Gasteiger partial charge in [-0.15, -0.1) is 0 Å². The summed E-state index contributed by atoms with van der Waals surface area (Å²) in [6, 6.07) is 15.4. The Morgan fingerprint density at radius 2 is 1.87 bits per heavy atom. The predicted molar refractivity (Wildman–Crippen MR) is 97.5 cm³/mol. The Bertz CT molecular complexity index is 729. The normalized spacial score (nSPS) is 19.0. The number of thioether (sulfide) groups is 1. The molecule has 1 heterocycles. The maximum absolute atomic E-state index is 12.1. The number of hydrogen-bond donors (Lipinski definition) is 1. The number of amides is 1. The predicted octanol–water partition coefficient (Wildman–Crippen LogP) is 3.92. The molecule has 1 aliphatic heterocycles. The van der Waals surface area contributed by atoms with E-state index >= 15 is 0 Å². The smallest absolute Gasteiger partial charge is 0.239 e. The van der Waals surface area contributed by atoms with Crippen molar-refractivity contribution >= 4 is 44.5 Å². The maximum Gasteiger partial charge on any atom is 0.239 e. The Kier molecular flexibility index (Phi) is 5.03. The van der Waals surface area contributed by atoms with Crippen molar-refractivity contribution in [2.45, 2.75) is 11.7 Å². The number of benzene rings is 2. The van der Waals surface area contributed by atoms with Crippen LogP contribution in [0.2, 0.25) is 0 Å². The zero-order valence-corrected chi connectivity index (χ0v) is 14.9. The number of ether oxygens (including phenoxy) is 1. The fourth-order valence-electron chi connectivity index (χ4n) is 2.20. The molecule has 118 valence electrons. The fraction of sp³-hybridized carbons (Fsp3) is 0.176. The van der Waals surface area contributed by atoms with Gasteiger partial charge in [-0.3, -0.25) is 4.79 Å². The Balaban J connectivity index is 1.68. The molecule has 1 atom stereocenters. The van der Waals surface area contributed by atoms with Gasteiger partial charge in [0.2, 0.25) is 5.91 Å². The van der Waals surface area contributed by atoms with Gasteiger partial charge in [0.25, 0.3) is 0 Å². The molecule has 1 aliphatic rings. The highest BCUT2D eigenvalue weighted by atomic mass is 79.9. The third-order valence-corrected chi connectivity index (χ3v) is 5.02. The van der Waals surface area contributed by atoms with Crippen LogP contribution in [-0.4, -0.2) is 23.4 Å². The summed E-state index contributed by atoms with van der Waals surface area (Å²) >= 11 is 4.86. The van der Waals surface area contributed by atoms with Gasteiger partial charge in [0.15, 0.2) is 5.17 Å². The molecule has 23 heavy (non-hydrogen) atoms. The zero-order chi connectivity index (χ0) is 16.2. The minimum atomic E-state index is -0.155. The molecule has 0 saturated carbocycles. The molecule has 1 N–H and O–H groups in total. The van der Waals surface area contributed by atoms with E-state index in [0.717, 1.165) is 21.5 Å². The molecule has 0 radical (unpaired) electrons. The Labute approximate surface area is 147 Å². The van der Waals surface area contributed by atoms with Gasteiger partial charge in [0.1, 0.15) is 5.75 Å². The van der Waals surface area contributed by atoms with Crippen LogP contribution < -0.4 is 10.1 Å². The highest BCUT2D eigenvalue weighted by Gasteiger charge is 2.30. The summed E-state index contributed by atoms with van der Waals surface area (Å²) in [4.78, 5) is 16.6. The average Bonchev–Trinajstić information content (AvgIpc) is 2.90. The van der Waals surface area contributed by atoms with E-state index < -0.39 is 0 Å². The molecule has 0 aliphatic carbocycles. The van der Waals surface area contributed by atoms with Gasteiger partial charge in [0.05, 0.1) is 18.0 Å². The molecule has 1 saturated heterocycles. The number of aliphatic imine (C=N–C) groups is 1. The molecule has 0 unspecified atom stereocenters. The van der Waals surface area contributed by atoms with Crippen LogP contribution in [0, 0.1) is 0 Å². The highest BCUT2D eigenvalue weighted by molar-refractivity contribution is 9.10. The molecule has 2 aromatic carbocycles. The van der Waals surface area contributed by atoms with Crippen molar-refractivity contribution in [3.05, 3.63) is 58.6 Å². The maximum atomic E-state index is 12.1. The number of methoxy groups -OCH3 is 1. The van der Waals surface area contributed by atoms with Crippen molar-refractivity contribution in [3.63, 3.8) is 0 Å². The second-order valence-electron chi connectivity index (χ2n) is 5.04. The minimum Gasteiger partial charge on any atom is -0.497 e. The van der Waals surface area contributed by atoms with Crippen LogP contribution in [0.5, 0.6) is 5.75 Å². The Morgan fingerprint density at radius 1 is 1.17 bits per heavy atom. The molecule has 1 amide bonds. The number of amidine groups is 1. The number of carbonyl (C=O) groups is 1. The Morgan fingerprint density at radius 3 is 2.52 bits per heavy atom. The average molecular weight is 391 g/mol. The first-order valence-electron chi connectivity index (χ1n) is 7.09. The molecular weight excluding hydrogens is 376 g/mol. The quantitative estimate of drug-likeness (QED) is 0.860. The first-order valence-corrected chi connectivity index (χ1v) is 8.76. The number of hydrogen-bond acceptors (Lipinski definition) is 4. The molecule has 2 aromatic rings. The van der Waals surface area contributed by atoms with Crippen LogP contribution in [0.15, 0.2) is 58.0 Å². The standard InChI is InChI=1S/C17H15BrN2O2S/c1-22-14-8-2-11(3-9-14)10-15-16(21)20-17(23-15)19-13-6-4-12(18)5-7-13/h2-9,15H,10H2,1H3,(H,19,20,21)/t15-/m1/s1. The molecule has 0 bridgehead atoms. The van der Waals surface area contributed by atoms with Crippen molar-refractivity contribution < 1.29 is 9.53 Å². The fourth-order valence-corrected chi connectivity index (χ4v) is 3.49. The second-order valence-corrected chi connectivity index (χ2v) is 7.15. The lowest BCUT2D eigenvalue weighted by Crippen LogP contribution is -2.25. The van der Waals surface area contributed by atoms with E-state index in [2.05, 4.69) is 26.2 Å². The van der Waals surface area contributed by atoms with Gasteiger partial charge >= 0.3 is 0 Å². The van der Waals surface area contributed by atoms with E-state index in [0.29, 0.717) is 11.6 Å². The van der Waals surface area contributed by atoms with Crippen LogP contribution in [0.25, 0.3) is 0 Å². The van der Waals surface area contributed by atoms with E-state index in [-0.39, 0.29) is 11.2 Å². The number of nitrogens with zero attached hydrogens (tertiary/aromatic N) is 1. The van der Waals surface area contributed by atoms with Gasteiger partial charge < -0.3 is 10.1 Å². The molecule has 0 aromatic heterocycles. The topological polar surface area (TPSA) is 50.7 Å². The summed E-state index contributed by atoms with van der Waals surface area (Å²) in [6.07, 6.45) is 0.667. The first kappa shape index (κ1) is 16.1. The lowest BCUT2D eigenvalue weighted by atomic mass is 10.1. The third kappa shape index (κ3) is 4.14. The van der Waals surface area contributed by atoms with Crippen LogP contribution in [0.4, 0.5) is 5.69 Å². The van der Waals surface area contributed by atoms with Crippen molar-refractivity contribution in [2.24, 2.45) is 4.99 Å². The van der Waals surface area contributed by atoms with Crippen molar-refractivity contribution in [1.29, 1.82) is 0 Å². The Hall–Kier alpha value is -1.79. The van der Waals surface area contributed by atoms with Gasteiger partial charge in [-0.25, -0.2) is 4.99 Å². The lowest BCUT2D eigenvalue weighted by Gasteiger charge is -2.06. The molecular formula is C17H15BrN2O2S. The van der Waals surface area contributed by atoms with Gasteiger partial charge in [-0.05, 0) is 48.4 Å². The molecule has 3 rings (SSSR count). The summed E-state index contributed by atoms with van der Waals surface area (Å²) in [5, 5.41) is 3.34. The van der Waals surface area contributed by atoms with Crippen molar-refractivity contribution in [2.75, 3.05) is 7.11 Å². The van der Waals surface area contributed by atoms with Gasteiger partial charge in [-0.2, -0.15) is 0 Å². The summed E-state index contributed by atoms with van der Waals surface area (Å²) < 4.78 is 6.15. The third-order valence-electron chi connectivity index (χ3n) is 3.41. The summed E-state index contributed by atoms with van der Waals surface area (Å²) in [5.74, 6) is 0.816. The van der Waals surface area contributed by atoms with E-state index in [1.165, 1.54) is 11.8 Å². The van der Waals surface area contributed by atoms with Crippen LogP contribution in [-0.2, 0) is 11.2 Å². The largest absolute Gasteiger partial charge is 0.497 e. The van der Waals surface area contributed by atoms with Crippen LogP contribution in [0.3, 0.4) is 0 Å². The molecule has 1 fully saturated rings. The van der Waals surface area contributed by atoms with E-state index in [1.807, 2.05) is 48.5 Å². The number of halogens is 1. The van der Waals surface area contributed by atoms with Crippen LogP contribution in [0.1, 0.15) is 5.56 Å². The van der Waals surface area contributed by atoms with Crippen molar-refractivity contribution in [3.8, 4) is 5.75 Å². The molecule has 6 heteroatoms. The number of nitrogens with one attached hydrogen (secondary N) is 1. The number of rotatable bonds is 4. The van der Waals surface area contributed by atoms with E-state index in [1.54, 1.807) is 7.11 Å². The van der Waals surface area contributed by atoms with Gasteiger partial charge in [-0.1, -0.05) is 39.8 Å².